The van der Waals surface area contributed by atoms with Gasteiger partial charge in [0.15, 0.2) is 0 Å². The lowest BCUT2D eigenvalue weighted by atomic mass is 10.0. The Morgan fingerprint density at radius 1 is 1.13 bits per heavy atom. The second-order valence-electron chi connectivity index (χ2n) is 4.01. The molecule has 15 heavy (non-hydrogen) atoms. The number of allylic oxidation sites excluding steroid dienone is 1. The van der Waals surface area contributed by atoms with Gasteiger partial charge < -0.3 is 4.90 Å². The van der Waals surface area contributed by atoms with Crippen molar-refractivity contribution in [2.24, 2.45) is 0 Å². The molecule has 1 aromatic rings. The van der Waals surface area contributed by atoms with E-state index in [9.17, 15) is 0 Å². The number of benzene rings is 1. The number of hydrogen-bond donors (Lipinski definition) is 0. The van der Waals surface area contributed by atoms with Crippen LogP contribution in [0.15, 0.2) is 42.5 Å². The Hall–Kier alpha value is -1.08. The van der Waals surface area contributed by atoms with Crippen LogP contribution in [0, 0.1) is 0 Å². The van der Waals surface area contributed by atoms with Crippen LogP contribution >= 0.6 is 0 Å². The van der Waals surface area contributed by atoms with E-state index in [1.165, 1.54) is 5.56 Å². The maximum Gasteiger partial charge on any atom is 0.0376 e. The van der Waals surface area contributed by atoms with Crippen molar-refractivity contribution in [2.75, 3.05) is 14.1 Å². The minimum atomic E-state index is 0.494. The summed E-state index contributed by atoms with van der Waals surface area (Å²) in [4.78, 5) is 2.27. The molecule has 1 rings (SSSR count). The van der Waals surface area contributed by atoms with Gasteiger partial charge in [-0.2, -0.15) is 0 Å². The van der Waals surface area contributed by atoms with E-state index in [-0.39, 0.29) is 0 Å². The molecular formula is C14H21N. The van der Waals surface area contributed by atoms with Gasteiger partial charge in [-0.15, -0.1) is 0 Å². The highest BCUT2D eigenvalue weighted by Crippen LogP contribution is 2.21. The summed E-state index contributed by atoms with van der Waals surface area (Å²) in [6.45, 7) is 2.17. The number of rotatable bonds is 5. The molecule has 0 heterocycles. The summed E-state index contributed by atoms with van der Waals surface area (Å²) in [6, 6.07) is 11.2. The molecular weight excluding hydrogens is 182 g/mol. The van der Waals surface area contributed by atoms with Gasteiger partial charge in [-0.3, -0.25) is 0 Å². The average molecular weight is 203 g/mol. The van der Waals surface area contributed by atoms with Crippen LogP contribution < -0.4 is 0 Å². The lowest BCUT2D eigenvalue weighted by molar-refractivity contribution is 0.301. The van der Waals surface area contributed by atoms with E-state index in [4.69, 9.17) is 0 Å². The molecule has 0 aliphatic rings. The van der Waals surface area contributed by atoms with Crippen molar-refractivity contribution >= 4 is 0 Å². The molecule has 0 spiro atoms. The van der Waals surface area contributed by atoms with E-state index in [2.05, 4.69) is 68.4 Å². The van der Waals surface area contributed by atoms with Crippen molar-refractivity contribution in [3.05, 3.63) is 48.0 Å². The van der Waals surface area contributed by atoms with Crippen molar-refractivity contribution in [2.45, 2.75) is 25.8 Å². The van der Waals surface area contributed by atoms with Gasteiger partial charge in [-0.1, -0.05) is 49.4 Å². The molecule has 1 unspecified atom stereocenters. The first kappa shape index (κ1) is 12.0. The van der Waals surface area contributed by atoms with Gasteiger partial charge in [0.25, 0.3) is 0 Å². The van der Waals surface area contributed by atoms with Crippen molar-refractivity contribution in [3.63, 3.8) is 0 Å². The SMILES string of the molecule is CCC=CCC(c1ccccc1)N(C)C. The highest BCUT2D eigenvalue weighted by molar-refractivity contribution is 5.19. The van der Waals surface area contributed by atoms with Gasteiger partial charge in [-0.25, -0.2) is 0 Å². The van der Waals surface area contributed by atoms with Gasteiger partial charge in [0.1, 0.15) is 0 Å². The molecule has 0 aromatic heterocycles. The topological polar surface area (TPSA) is 3.24 Å². The van der Waals surface area contributed by atoms with E-state index < -0.39 is 0 Å². The molecule has 0 amide bonds. The van der Waals surface area contributed by atoms with Crippen LogP contribution in [0.1, 0.15) is 31.4 Å². The van der Waals surface area contributed by atoms with Crippen LogP contribution in [0.3, 0.4) is 0 Å². The largest absolute Gasteiger partial charge is 0.302 e. The second-order valence-corrected chi connectivity index (χ2v) is 4.01. The van der Waals surface area contributed by atoms with E-state index in [1.807, 2.05) is 0 Å². The Kier molecular flexibility index (Phi) is 5.13. The number of nitrogens with zero attached hydrogens (tertiary/aromatic N) is 1. The Morgan fingerprint density at radius 3 is 2.33 bits per heavy atom. The molecule has 0 fully saturated rings. The minimum absolute atomic E-state index is 0.494. The standard InChI is InChI=1S/C14H21N/c1-4-5-7-12-14(15(2)3)13-10-8-6-9-11-13/h5-11,14H,4,12H2,1-3H3. The van der Waals surface area contributed by atoms with E-state index in [1.54, 1.807) is 0 Å². The molecule has 0 saturated carbocycles. The third-order valence-corrected chi connectivity index (χ3v) is 2.57. The molecule has 1 aromatic carbocycles. The summed E-state index contributed by atoms with van der Waals surface area (Å²) < 4.78 is 0. The first-order valence-electron chi connectivity index (χ1n) is 5.62. The van der Waals surface area contributed by atoms with Gasteiger partial charge in [-0.05, 0) is 32.5 Å². The van der Waals surface area contributed by atoms with Gasteiger partial charge >= 0.3 is 0 Å². The maximum atomic E-state index is 2.28. The fraction of sp³-hybridized carbons (Fsp3) is 0.429. The lowest BCUT2D eigenvalue weighted by Crippen LogP contribution is -2.19. The molecule has 0 aliphatic heterocycles. The summed E-state index contributed by atoms with van der Waals surface area (Å²) in [7, 11) is 4.27. The molecule has 0 radical (unpaired) electrons. The summed E-state index contributed by atoms with van der Waals surface area (Å²) in [5.74, 6) is 0. The molecule has 0 saturated heterocycles. The zero-order valence-electron chi connectivity index (χ0n) is 9.98. The summed E-state index contributed by atoms with van der Waals surface area (Å²) in [5, 5.41) is 0. The molecule has 1 nitrogen and oxygen atoms in total. The highest BCUT2D eigenvalue weighted by atomic mass is 15.1. The summed E-state index contributed by atoms with van der Waals surface area (Å²) in [5.41, 5.74) is 1.39. The zero-order valence-corrected chi connectivity index (χ0v) is 9.98. The Labute approximate surface area is 93.4 Å². The van der Waals surface area contributed by atoms with E-state index in [0.29, 0.717) is 6.04 Å². The van der Waals surface area contributed by atoms with Crippen molar-refractivity contribution in [1.29, 1.82) is 0 Å². The van der Waals surface area contributed by atoms with Crippen LogP contribution in [-0.4, -0.2) is 19.0 Å². The Morgan fingerprint density at radius 2 is 1.80 bits per heavy atom. The highest BCUT2D eigenvalue weighted by Gasteiger charge is 2.10. The van der Waals surface area contributed by atoms with Crippen LogP contribution in [0.25, 0.3) is 0 Å². The van der Waals surface area contributed by atoms with Crippen LogP contribution in [0.5, 0.6) is 0 Å². The molecule has 1 heteroatoms. The Bertz CT molecular complexity index is 287. The fourth-order valence-corrected chi connectivity index (χ4v) is 1.71. The first-order valence-corrected chi connectivity index (χ1v) is 5.62. The van der Waals surface area contributed by atoms with Crippen LogP contribution in [-0.2, 0) is 0 Å². The van der Waals surface area contributed by atoms with Gasteiger partial charge in [0, 0.05) is 6.04 Å². The van der Waals surface area contributed by atoms with Crippen LogP contribution in [0.4, 0.5) is 0 Å². The number of hydrogen-bond acceptors (Lipinski definition) is 1. The summed E-state index contributed by atoms with van der Waals surface area (Å²) >= 11 is 0. The van der Waals surface area contributed by atoms with Crippen molar-refractivity contribution < 1.29 is 0 Å². The van der Waals surface area contributed by atoms with E-state index in [0.717, 1.165) is 12.8 Å². The monoisotopic (exact) mass is 203 g/mol. The van der Waals surface area contributed by atoms with E-state index >= 15 is 0 Å². The quantitative estimate of drug-likeness (QED) is 0.660. The zero-order chi connectivity index (χ0) is 11.1. The first-order chi connectivity index (χ1) is 7.25. The average Bonchev–Trinajstić information content (AvgIpc) is 2.25. The normalized spacial score (nSPS) is 13.6. The third kappa shape index (κ3) is 3.88. The van der Waals surface area contributed by atoms with Crippen LogP contribution in [0.2, 0.25) is 0 Å². The van der Waals surface area contributed by atoms with Crippen molar-refractivity contribution in [1.82, 2.24) is 4.90 Å². The lowest BCUT2D eigenvalue weighted by Gasteiger charge is -2.23. The maximum absolute atomic E-state index is 2.28. The second kappa shape index (κ2) is 6.41. The predicted octanol–water partition coefficient (Wildman–Crippen LogP) is 3.65. The minimum Gasteiger partial charge on any atom is -0.302 e. The molecule has 0 aliphatic carbocycles. The molecule has 0 bridgehead atoms. The predicted molar refractivity (Wildman–Crippen MR) is 66.9 cm³/mol. The summed E-state index contributed by atoms with van der Waals surface area (Å²) in [6.07, 6.45) is 6.72. The molecule has 82 valence electrons. The molecule has 1 atom stereocenters. The molecule has 0 N–H and O–H groups in total. The smallest absolute Gasteiger partial charge is 0.0376 e. The fourth-order valence-electron chi connectivity index (χ4n) is 1.71. The third-order valence-electron chi connectivity index (χ3n) is 2.57. The van der Waals surface area contributed by atoms with Crippen molar-refractivity contribution in [3.8, 4) is 0 Å². The van der Waals surface area contributed by atoms with Gasteiger partial charge in [0.05, 0.1) is 0 Å². The Balaban J connectivity index is 2.71. The van der Waals surface area contributed by atoms with Gasteiger partial charge in [0.2, 0.25) is 0 Å².